The number of amides is 1. The van der Waals surface area contributed by atoms with Gasteiger partial charge in [-0.3, -0.25) is 4.79 Å². The Kier molecular flexibility index (Phi) is 3.95. The monoisotopic (exact) mass is 356 g/mol. The molecule has 1 amide bonds. The fourth-order valence-electron chi connectivity index (χ4n) is 3.25. The Balaban J connectivity index is 2.50. The van der Waals surface area contributed by atoms with E-state index in [4.69, 9.17) is 5.73 Å². The molecule has 6 heteroatoms. The summed E-state index contributed by atoms with van der Waals surface area (Å²) < 4.78 is 25.6. The molecule has 1 heterocycles. The standard InChI is InChI=1S/C19H20N2O3S/c1-11-8-9-15-16(12(11)2)17(18(19(20)22)21(15)3)13-6-5-7-14(10-13)25(4,23)24/h5-10H,1-4H3,(H2,20,22). The van der Waals surface area contributed by atoms with E-state index in [0.717, 1.165) is 22.0 Å². The van der Waals surface area contributed by atoms with Gasteiger partial charge in [-0.05, 0) is 48.7 Å². The first-order valence-electron chi connectivity index (χ1n) is 7.81. The van der Waals surface area contributed by atoms with Crippen LogP contribution in [0.25, 0.3) is 22.0 Å². The SMILES string of the molecule is Cc1ccc2c(c1C)c(-c1cccc(S(C)(=O)=O)c1)c(C(N)=O)n2C. The molecule has 0 bridgehead atoms. The van der Waals surface area contributed by atoms with Gasteiger partial charge in [-0.1, -0.05) is 18.2 Å². The summed E-state index contributed by atoms with van der Waals surface area (Å²) in [7, 11) is -1.56. The first kappa shape index (κ1) is 17.2. The molecular weight excluding hydrogens is 336 g/mol. The summed E-state index contributed by atoms with van der Waals surface area (Å²) >= 11 is 0. The van der Waals surface area contributed by atoms with Crippen molar-refractivity contribution in [2.24, 2.45) is 12.8 Å². The number of hydrogen-bond donors (Lipinski definition) is 1. The number of carbonyl (C=O) groups is 1. The van der Waals surface area contributed by atoms with Gasteiger partial charge in [-0.25, -0.2) is 8.42 Å². The molecule has 1 aromatic heterocycles. The van der Waals surface area contributed by atoms with E-state index in [1.165, 1.54) is 6.26 Å². The van der Waals surface area contributed by atoms with Crippen LogP contribution in [-0.2, 0) is 16.9 Å². The van der Waals surface area contributed by atoms with E-state index in [0.29, 0.717) is 16.8 Å². The number of hydrogen-bond acceptors (Lipinski definition) is 3. The zero-order valence-electron chi connectivity index (χ0n) is 14.6. The number of sulfone groups is 1. The third-order valence-electron chi connectivity index (χ3n) is 4.68. The van der Waals surface area contributed by atoms with Crippen molar-refractivity contribution in [1.29, 1.82) is 0 Å². The molecule has 3 aromatic rings. The molecule has 0 atom stereocenters. The van der Waals surface area contributed by atoms with E-state index in [1.54, 1.807) is 35.9 Å². The predicted molar refractivity (Wildman–Crippen MR) is 99.5 cm³/mol. The van der Waals surface area contributed by atoms with E-state index in [9.17, 15) is 13.2 Å². The van der Waals surface area contributed by atoms with Gasteiger partial charge >= 0.3 is 0 Å². The fraction of sp³-hybridized carbons (Fsp3) is 0.211. The van der Waals surface area contributed by atoms with Gasteiger partial charge in [-0.15, -0.1) is 0 Å². The van der Waals surface area contributed by atoms with Crippen molar-refractivity contribution in [3.63, 3.8) is 0 Å². The van der Waals surface area contributed by atoms with Gasteiger partial charge in [-0.2, -0.15) is 0 Å². The van der Waals surface area contributed by atoms with Crippen molar-refractivity contribution >= 4 is 26.6 Å². The number of benzene rings is 2. The average Bonchev–Trinajstić information content (AvgIpc) is 2.84. The molecule has 0 saturated carbocycles. The molecule has 2 aromatic carbocycles. The highest BCUT2D eigenvalue weighted by molar-refractivity contribution is 7.90. The maximum atomic E-state index is 12.1. The highest BCUT2D eigenvalue weighted by Crippen LogP contribution is 2.38. The van der Waals surface area contributed by atoms with E-state index >= 15 is 0 Å². The van der Waals surface area contributed by atoms with Gasteiger partial charge in [0.05, 0.1) is 4.90 Å². The van der Waals surface area contributed by atoms with E-state index in [-0.39, 0.29) is 4.90 Å². The first-order chi connectivity index (χ1) is 11.6. The summed E-state index contributed by atoms with van der Waals surface area (Å²) in [5.74, 6) is -0.546. The second-order valence-electron chi connectivity index (χ2n) is 6.35. The Bertz CT molecular complexity index is 1130. The second kappa shape index (κ2) is 5.74. The smallest absolute Gasteiger partial charge is 0.266 e. The largest absolute Gasteiger partial charge is 0.364 e. The third kappa shape index (κ3) is 2.72. The first-order valence-corrected chi connectivity index (χ1v) is 9.71. The van der Waals surface area contributed by atoms with Gasteiger partial charge in [0.2, 0.25) is 0 Å². The molecule has 3 rings (SSSR count). The minimum Gasteiger partial charge on any atom is -0.364 e. The molecule has 0 radical (unpaired) electrons. The number of nitrogens with two attached hydrogens (primary N) is 1. The molecule has 0 fully saturated rings. The maximum Gasteiger partial charge on any atom is 0.266 e. The normalized spacial score (nSPS) is 11.8. The molecule has 2 N–H and O–H groups in total. The van der Waals surface area contributed by atoms with Gasteiger partial charge < -0.3 is 10.3 Å². The molecule has 0 saturated heterocycles. The molecule has 0 spiro atoms. The van der Waals surface area contributed by atoms with Crippen molar-refractivity contribution in [2.45, 2.75) is 18.7 Å². The fourth-order valence-corrected chi connectivity index (χ4v) is 3.92. The highest BCUT2D eigenvalue weighted by atomic mass is 32.2. The second-order valence-corrected chi connectivity index (χ2v) is 8.36. The van der Waals surface area contributed by atoms with Crippen LogP contribution >= 0.6 is 0 Å². The Labute approximate surface area is 147 Å². The number of fused-ring (bicyclic) bond motifs is 1. The summed E-state index contributed by atoms with van der Waals surface area (Å²) in [6.45, 7) is 3.99. The lowest BCUT2D eigenvalue weighted by molar-refractivity contribution is 0.0993. The quantitative estimate of drug-likeness (QED) is 0.783. The van der Waals surface area contributed by atoms with Crippen LogP contribution in [0.4, 0.5) is 0 Å². The molecule has 5 nitrogen and oxygen atoms in total. The highest BCUT2D eigenvalue weighted by Gasteiger charge is 2.23. The zero-order valence-corrected chi connectivity index (χ0v) is 15.4. The number of aryl methyl sites for hydroxylation is 3. The van der Waals surface area contributed by atoms with E-state index in [2.05, 4.69) is 0 Å². The van der Waals surface area contributed by atoms with Crippen LogP contribution in [-0.4, -0.2) is 25.1 Å². The van der Waals surface area contributed by atoms with Gasteiger partial charge in [0.15, 0.2) is 9.84 Å². The zero-order chi connectivity index (χ0) is 18.5. The lowest BCUT2D eigenvalue weighted by Gasteiger charge is -2.08. The van der Waals surface area contributed by atoms with E-state index < -0.39 is 15.7 Å². The lowest BCUT2D eigenvalue weighted by Crippen LogP contribution is -2.16. The summed E-state index contributed by atoms with van der Waals surface area (Å²) in [6.07, 6.45) is 1.17. The van der Waals surface area contributed by atoms with Crippen LogP contribution in [0.5, 0.6) is 0 Å². The number of aromatic nitrogens is 1. The van der Waals surface area contributed by atoms with Crippen LogP contribution in [0.3, 0.4) is 0 Å². The number of rotatable bonds is 3. The van der Waals surface area contributed by atoms with E-state index in [1.807, 2.05) is 26.0 Å². The lowest BCUT2D eigenvalue weighted by atomic mass is 9.96. The Morgan fingerprint density at radius 1 is 1.12 bits per heavy atom. The number of carbonyl (C=O) groups excluding carboxylic acids is 1. The Morgan fingerprint density at radius 2 is 1.80 bits per heavy atom. The van der Waals surface area contributed by atoms with Crippen molar-refractivity contribution in [3.05, 3.63) is 53.2 Å². The summed E-state index contributed by atoms with van der Waals surface area (Å²) in [5, 5.41) is 0.918. The van der Waals surface area contributed by atoms with Crippen molar-refractivity contribution in [2.75, 3.05) is 6.26 Å². The molecule has 0 aliphatic rings. The van der Waals surface area contributed by atoms with Crippen molar-refractivity contribution in [1.82, 2.24) is 4.57 Å². The summed E-state index contributed by atoms with van der Waals surface area (Å²) in [5.41, 5.74) is 10.4. The Hall–Kier alpha value is -2.60. The van der Waals surface area contributed by atoms with Crippen LogP contribution in [0.15, 0.2) is 41.3 Å². The van der Waals surface area contributed by atoms with Crippen LogP contribution < -0.4 is 5.73 Å². The van der Waals surface area contributed by atoms with Gasteiger partial charge in [0.1, 0.15) is 5.69 Å². The number of nitrogens with zero attached hydrogens (tertiary/aromatic N) is 1. The third-order valence-corrected chi connectivity index (χ3v) is 5.79. The van der Waals surface area contributed by atoms with Crippen LogP contribution in [0, 0.1) is 13.8 Å². The van der Waals surface area contributed by atoms with Gasteiger partial charge in [0, 0.05) is 29.8 Å². The van der Waals surface area contributed by atoms with Crippen LogP contribution in [0.1, 0.15) is 21.6 Å². The maximum absolute atomic E-state index is 12.1. The van der Waals surface area contributed by atoms with Crippen LogP contribution in [0.2, 0.25) is 0 Å². The van der Waals surface area contributed by atoms with Crippen molar-refractivity contribution < 1.29 is 13.2 Å². The molecule has 0 aliphatic heterocycles. The average molecular weight is 356 g/mol. The number of primary amides is 1. The predicted octanol–water partition coefficient (Wildman–Crippen LogP) is 2.96. The minimum atomic E-state index is -3.35. The van der Waals surface area contributed by atoms with Crippen molar-refractivity contribution in [3.8, 4) is 11.1 Å². The molecule has 130 valence electrons. The topological polar surface area (TPSA) is 82.2 Å². The minimum absolute atomic E-state index is 0.211. The molecule has 0 aliphatic carbocycles. The van der Waals surface area contributed by atoms with Gasteiger partial charge in [0.25, 0.3) is 5.91 Å². The molecule has 25 heavy (non-hydrogen) atoms. The summed E-state index contributed by atoms with van der Waals surface area (Å²) in [6, 6.07) is 10.6. The summed E-state index contributed by atoms with van der Waals surface area (Å²) in [4.78, 5) is 12.4. The Morgan fingerprint density at radius 3 is 2.40 bits per heavy atom. The molecular formula is C19H20N2O3S. The molecule has 0 unspecified atom stereocenters.